The van der Waals surface area contributed by atoms with Crippen molar-refractivity contribution in [2.24, 2.45) is 5.41 Å². The van der Waals surface area contributed by atoms with Gasteiger partial charge in [0.25, 0.3) is 0 Å². The van der Waals surface area contributed by atoms with Gasteiger partial charge in [-0.25, -0.2) is 0 Å². The lowest BCUT2D eigenvalue weighted by atomic mass is 10.0. The van der Waals surface area contributed by atoms with E-state index in [9.17, 15) is 0 Å². The lowest BCUT2D eigenvalue weighted by Crippen LogP contribution is -2.10. The quantitative estimate of drug-likeness (QED) is 0.442. The molecule has 0 aliphatic heterocycles. The van der Waals surface area contributed by atoms with E-state index in [0.29, 0.717) is 19.1 Å². The molecule has 1 fully saturated rings. The summed E-state index contributed by atoms with van der Waals surface area (Å²) < 4.78 is 11.9. The molecule has 0 radical (unpaired) electrons. The first-order chi connectivity index (χ1) is 13.2. The van der Waals surface area contributed by atoms with E-state index in [4.69, 9.17) is 21.1 Å². The van der Waals surface area contributed by atoms with E-state index in [0.717, 1.165) is 17.1 Å². The number of halogens is 1. The van der Waals surface area contributed by atoms with Crippen molar-refractivity contribution < 1.29 is 9.47 Å². The molecule has 2 nitrogen and oxygen atoms in total. The van der Waals surface area contributed by atoms with Gasteiger partial charge in [-0.05, 0) is 35.4 Å². The Labute approximate surface area is 165 Å². The van der Waals surface area contributed by atoms with E-state index < -0.39 is 0 Å². The zero-order chi connectivity index (χ0) is 18.7. The van der Waals surface area contributed by atoms with Gasteiger partial charge in [-0.1, -0.05) is 67.6 Å². The van der Waals surface area contributed by atoms with Crippen LogP contribution < -0.4 is 4.74 Å². The molecule has 0 amide bonds. The summed E-state index contributed by atoms with van der Waals surface area (Å²) in [6, 6.07) is 28.3. The zero-order valence-corrected chi connectivity index (χ0v) is 16.1. The maximum atomic E-state index is 6.59. The molecule has 3 atom stereocenters. The molecule has 3 heteroatoms. The van der Waals surface area contributed by atoms with Crippen LogP contribution in [0.1, 0.15) is 24.0 Å². The molecular weight excluding hydrogens is 356 g/mol. The minimum absolute atomic E-state index is 0.0128. The van der Waals surface area contributed by atoms with Gasteiger partial charge in [-0.3, -0.25) is 0 Å². The van der Waals surface area contributed by atoms with Crippen molar-refractivity contribution in [3.8, 4) is 11.5 Å². The van der Waals surface area contributed by atoms with Crippen LogP contribution in [0, 0.1) is 5.41 Å². The Kier molecular flexibility index (Phi) is 5.20. The summed E-state index contributed by atoms with van der Waals surface area (Å²) in [5.74, 6) is 2.00. The first-order valence-corrected chi connectivity index (χ1v) is 9.69. The Morgan fingerprint density at radius 3 is 2.26 bits per heavy atom. The van der Waals surface area contributed by atoms with Crippen molar-refractivity contribution in [1.29, 1.82) is 0 Å². The van der Waals surface area contributed by atoms with Crippen LogP contribution in [0.25, 0.3) is 0 Å². The van der Waals surface area contributed by atoms with E-state index in [1.54, 1.807) is 0 Å². The van der Waals surface area contributed by atoms with E-state index in [1.165, 1.54) is 5.56 Å². The second-order valence-corrected chi connectivity index (χ2v) is 7.82. The summed E-state index contributed by atoms with van der Waals surface area (Å²) in [6.07, 6.45) is 0. The Morgan fingerprint density at radius 1 is 0.852 bits per heavy atom. The van der Waals surface area contributed by atoms with E-state index in [2.05, 4.69) is 37.3 Å². The minimum Gasteiger partial charge on any atom is -0.457 e. The van der Waals surface area contributed by atoms with E-state index in [-0.39, 0.29) is 10.8 Å². The Morgan fingerprint density at radius 2 is 1.52 bits per heavy atom. The monoisotopic (exact) mass is 378 g/mol. The molecule has 0 N–H and O–H groups in total. The number of hydrogen-bond acceptors (Lipinski definition) is 2. The topological polar surface area (TPSA) is 18.5 Å². The number of para-hydroxylation sites is 1. The van der Waals surface area contributed by atoms with Crippen molar-refractivity contribution in [1.82, 2.24) is 0 Å². The second-order valence-electron chi connectivity index (χ2n) is 7.35. The van der Waals surface area contributed by atoms with Crippen molar-refractivity contribution in [3.63, 3.8) is 0 Å². The number of alkyl halides is 1. The first-order valence-electron chi connectivity index (χ1n) is 9.25. The van der Waals surface area contributed by atoms with Crippen molar-refractivity contribution in [2.75, 3.05) is 6.61 Å². The summed E-state index contributed by atoms with van der Waals surface area (Å²) in [6.45, 7) is 3.40. The highest BCUT2D eigenvalue weighted by Gasteiger charge is 2.61. The van der Waals surface area contributed by atoms with Gasteiger partial charge in [-0.15, -0.1) is 11.6 Å². The van der Waals surface area contributed by atoms with Gasteiger partial charge in [0.15, 0.2) is 0 Å². The molecule has 27 heavy (non-hydrogen) atoms. The van der Waals surface area contributed by atoms with Crippen LogP contribution in [0.5, 0.6) is 11.5 Å². The summed E-state index contributed by atoms with van der Waals surface area (Å²) >= 11 is 6.59. The highest BCUT2D eigenvalue weighted by Crippen LogP contribution is 2.62. The largest absolute Gasteiger partial charge is 0.457 e. The normalized spacial score (nSPS) is 23.8. The molecule has 1 saturated carbocycles. The van der Waals surface area contributed by atoms with Gasteiger partial charge in [0.05, 0.1) is 13.2 Å². The maximum Gasteiger partial charge on any atom is 0.127 e. The molecule has 0 unspecified atom stereocenters. The Balaban J connectivity index is 1.34. The van der Waals surface area contributed by atoms with Gasteiger partial charge in [0, 0.05) is 16.7 Å². The minimum atomic E-state index is -0.0128. The molecule has 0 spiro atoms. The van der Waals surface area contributed by atoms with Crippen LogP contribution in [0.4, 0.5) is 0 Å². The standard InChI is InChI=1S/C24H23ClO2/c1-24(22(23(24)25)19-10-4-2-5-11-19)17-26-16-18-9-8-14-21(15-18)27-20-12-6-3-7-13-20/h2-15,22-23H,16-17H2,1H3/t22-,23+,24-/m0/s1. The molecule has 3 aromatic rings. The molecule has 138 valence electrons. The van der Waals surface area contributed by atoms with E-state index in [1.807, 2.05) is 54.6 Å². The third-order valence-corrected chi connectivity index (χ3v) is 5.99. The molecule has 4 rings (SSSR count). The van der Waals surface area contributed by atoms with Crippen molar-refractivity contribution >= 4 is 11.6 Å². The van der Waals surface area contributed by atoms with Crippen LogP contribution in [-0.2, 0) is 11.3 Å². The highest BCUT2D eigenvalue weighted by atomic mass is 35.5. The van der Waals surface area contributed by atoms with Gasteiger partial charge in [0.1, 0.15) is 11.5 Å². The Bertz CT molecular complexity index is 881. The molecule has 0 bridgehead atoms. The lowest BCUT2D eigenvalue weighted by Gasteiger charge is -2.13. The zero-order valence-electron chi connectivity index (χ0n) is 15.3. The van der Waals surface area contributed by atoms with Gasteiger partial charge in [0.2, 0.25) is 0 Å². The highest BCUT2D eigenvalue weighted by molar-refractivity contribution is 6.24. The van der Waals surface area contributed by atoms with Gasteiger partial charge in [-0.2, -0.15) is 0 Å². The Hall–Kier alpha value is -2.29. The van der Waals surface area contributed by atoms with Gasteiger partial charge < -0.3 is 9.47 Å². The predicted octanol–water partition coefficient (Wildman–Crippen LogP) is 6.41. The number of hydrogen-bond donors (Lipinski definition) is 0. The average Bonchev–Trinajstić information content (AvgIpc) is 3.24. The number of rotatable bonds is 7. The smallest absolute Gasteiger partial charge is 0.127 e. The van der Waals surface area contributed by atoms with Crippen LogP contribution in [0.3, 0.4) is 0 Å². The van der Waals surface area contributed by atoms with Crippen LogP contribution >= 0.6 is 11.6 Å². The fraction of sp³-hybridized carbons (Fsp3) is 0.250. The maximum absolute atomic E-state index is 6.59. The molecule has 0 aromatic heterocycles. The second kappa shape index (κ2) is 7.75. The number of benzene rings is 3. The summed E-state index contributed by atoms with van der Waals surface area (Å²) in [5.41, 5.74) is 2.37. The summed E-state index contributed by atoms with van der Waals surface area (Å²) in [5, 5.41) is 0.118. The van der Waals surface area contributed by atoms with Crippen LogP contribution in [0.15, 0.2) is 84.9 Å². The molecule has 3 aromatic carbocycles. The third kappa shape index (κ3) is 4.02. The molecule has 0 heterocycles. The summed E-state index contributed by atoms with van der Waals surface area (Å²) in [7, 11) is 0. The van der Waals surface area contributed by atoms with Crippen LogP contribution in [0.2, 0.25) is 0 Å². The van der Waals surface area contributed by atoms with Crippen molar-refractivity contribution in [2.45, 2.75) is 24.8 Å². The van der Waals surface area contributed by atoms with Gasteiger partial charge >= 0.3 is 0 Å². The molecule has 0 saturated heterocycles. The number of ether oxygens (including phenoxy) is 2. The fourth-order valence-corrected chi connectivity index (χ4v) is 4.16. The van der Waals surface area contributed by atoms with Crippen molar-refractivity contribution in [3.05, 3.63) is 96.1 Å². The predicted molar refractivity (Wildman–Crippen MR) is 110 cm³/mol. The molecule has 1 aliphatic rings. The lowest BCUT2D eigenvalue weighted by molar-refractivity contribution is 0.0823. The first kappa shape index (κ1) is 18.1. The average molecular weight is 379 g/mol. The SMILES string of the molecule is C[C@@]1(COCc2cccc(Oc3ccccc3)c2)[C@H](Cl)[C@@H]1c1ccccc1. The third-order valence-electron chi connectivity index (χ3n) is 5.24. The molecule has 1 aliphatic carbocycles. The summed E-state index contributed by atoms with van der Waals surface area (Å²) in [4.78, 5) is 0. The van der Waals surface area contributed by atoms with Crippen LogP contribution in [-0.4, -0.2) is 12.0 Å². The molecular formula is C24H23ClO2. The van der Waals surface area contributed by atoms with E-state index >= 15 is 0 Å². The fourth-order valence-electron chi connectivity index (χ4n) is 3.60.